The minimum absolute atomic E-state index is 0.257. The second kappa shape index (κ2) is 7.45. The summed E-state index contributed by atoms with van der Waals surface area (Å²) in [6.07, 6.45) is 1.33. The molecule has 0 saturated carbocycles. The Balaban J connectivity index is 2.13. The molecule has 0 bridgehead atoms. The van der Waals surface area contributed by atoms with Crippen LogP contribution in [0.3, 0.4) is 0 Å². The molecule has 0 aliphatic carbocycles. The van der Waals surface area contributed by atoms with Gasteiger partial charge in [-0.2, -0.15) is 11.8 Å². The van der Waals surface area contributed by atoms with Crippen LogP contribution in [0, 0.1) is 11.7 Å². The highest BCUT2D eigenvalue weighted by Crippen LogP contribution is 2.29. The van der Waals surface area contributed by atoms with Crippen LogP contribution in [0.2, 0.25) is 0 Å². The molecule has 1 aromatic rings. The lowest BCUT2D eigenvalue weighted by Gasteiger charge is -2.36. The van der Waals surface area contributed by atoms with Crippen LogP contribution in [0.4, 0.5) is 10.2 Å². The van der Waals surface area contributed by atoms with Crippen molar-refractivity contribution in [1.82, 2.24) is 10.3 Å². The Bertz CT molecular complexity index is 457. The van der Waals surface area contributed by atoms with Crippen LogP contribution in [-0.2, 0) is 6.54 Å². The highest BCUT2D eigenvalue weighted by atomic mass is 32.2. The molecule has 2 rings (SSSR count). The number of nitrogens with one attached hydrogen (secondary N) is 1. The van der Waals surface area contributed by atoms with Crippen molar-refractivity contribution >= 4 is 17.6 Å². The summed E-state index contributed by atoms with van der Waals surface area (Å²) < 4.78 is 13.5. The van der Waals surface area contributed by atoms with Crippen molar-refractivity contribution in [3.8, 4) is 0 Å². The molecule has 21 heavy (non-hydrogen) atoms. The van der Waals surface area contributed by atoms with E-state index in [1.807, 2.05) is 11.8 Å². The van der Waals surface area contributed by atoms with Gasteiger partial charge in [-0.15, -0.1) is 0 Å². The molecule has 1 aliphatic rings. The van der Waals surface area contributed by atoms with Crippen molar-refractivity contribution in [3.63, 3.8) is 0 Å². The fraction of sp³-hybridized carbons (Fsp3) is 0.688. The fourth-order valence-electron chi connectivity index (χ4n) is 2.74. The Morgan fingerprint density at radius 2 is 2.05 bits per heavy atom. The average Bonchev–Trinajstić information content (AvgIpc) is 2.37. The first kappa shape index (κ1) is 16.6. The molecule has 1 fully saturated rings. The predicted molar refractivity (Wildman–Crippen MR) is 89.5 cm³/mol. The summed E-state index contributed by atoms with van der Waals surface area (Å²) in [5.41, 5.74) is 0.960. The molecular formula is C16H26FN3S. The standard InChI is InChI=1S/C16H26FN3S/c1-11(2)6-18-7-14-5-15(17)8-19-16(14)20-9-12(3)21-13(4)10-20/h5,8,11-13,18H,6-7,9-10H2,1-4H3. The zero-order valence-electron chi connectivity index (χ0n) is 13.4. The van der Waals surface area contributed by atoms with Gasteiger partial charge in [-0.1, -0.05) is 27.7 Å². The maximum Gasteiger partial charge on any atom is 0.141 e. The molecule has 5 heteroatoms. The van der Waals surface area contributed by atoms with Crippen molar-refractivity contribution in [2.24, 2.45) is 5.92 Å². The van der Waals surface area contributed by atoms with Gasteiger partial charge in [0.05, 0.1) is 6.20 Å². The van der Waals surface area contributed by atoms with E-state index in [0.717, 1.165) is 31.0 Å². The number of halogens is 1. The van der Waals surface area contributed by atoms with Gasteiger partial charge < -0.3 is 10.2 Å². The van der Waals surface area contributed by atoms with Gasteiger partial charge in [0, 0.05) is 35.7 Å². The predicted octanol–water partition coefficient (Wildman–Crippen LogP) is 3.30. The zero-order chi connectivity index (χ0) is 15.4. The quantitative estimate of drug-likeness (QED) is 0.903. The number of anilines is 1. The molecule has 1 aliphatic heterocycles. The zero-order valence-corrected chi connectivity index (χ0v) is 14.2. The summed E-state index contributed by atoms with van der Waals surface area (Å²) >= 11 is 2.01. The maximum absolute atomic E-state index is 13.5. The van der Waals surface area contributed by atoms with Gasteiger partial charge in [0.25, 0.3) is 0 Å². The van der Waals surface area contributed by atoms with Crippen LogP contribution in [0.15, 0.2) is 12.3 Å². The third-order valence-corrected chi connectivity index (χ3v) is 4.72. The second-order valence-corrected chi connectivity index (χ2v) is 8.20. The van der Waals surface area contributed by atoms with Crippen LogP contribution in [0.25, 0.3) is 0 Å². The van der Waals surface area contributed by atoms with Crippen molar-refractivity contribution in [1.29, 1.82) is 0 Å². The maximum atomic E-state index is 13.5. The molecular weight excluding hydrogens is 285 g/mol. The fourth-order valence-corrected chi connectivity index (χ4v) is 4.06. The van der Waals surface area contributed by atoms with E-state index in [0.29, 0.717) is 23.0 Å². The molecule has 0 amide bonds. The van der Waals surface area contributed by atoms with E-state index in [4.69, 9.17) is 0 Å². The minimum atomic E-state index is -0.257. The SMILES string of the molecule is CC(C)CNCc1cc(F)cnc1N1CC(C)SC(C)C1. The van der Waals surface area contributed by atoms with Gasteiger partial charge in [-0.25, -0.2) is 9.37 Å². The summed E-state index contributed by atoms with van der Waals surface area (Å²) in [6.45, 7) is 12.4. The Kier molecular flexibility index (Phi) is 5.88. The van der Waals surface area contributed by atoms with Gasteiger partial charge in [0.1, 0.15) is 11.6 Å². The molecule has 1 aromatic heterocycles. The number of hydrogen-bond donors (Lipinski definition) is 1. The van der Waals surface area contributed by atoms with E-state index in [1.54, 1.807) is 6.07 Å². The van der Waals surface area contributed by atoms with Crippen LogP contribution in [0.1, 0.15) is 33.3 Å². The third-order valence-electron chi connectivity index (χ3n) is 3.50. The smallest absolute Gasteiger partial charge is 0.141 e. The first-order chi connectivity index (χ1) is 9.95. The third kappa shape index (κ3) is 4.85. The lowest BCUT2D eigenvalue weighted by atomic mass is 10.2. The Morgan fingerprint density at radius 1 is 1.38 bits per heavy atom. The van der Waals surface area contributed by atoms with Crippen LogP contribution < -0.4 is 10.2 Å². The topological polar surface area (TPSA) is 28.2 Å². The first-order valence-electron chi connectivity index (χ1n) is 7.71. The van der Waals surface area contributed by atoms with Gasteiger partial charge in [-0.05, 0) is 18.5 Å². The summed E-state index contributed by atoms with van der Waals surface area (Å²) in [7, 11) is 0. The molecule has 1 N–H and O–H groups in total. The molecule has 2 heterocycles. The monoisotopic (exact) mass is 311 g/mol. The Hall–Kier alpha value is -0.810. The Labute approximate surface area is 131 Å². The largest absolute Gasteiger partial charge is 0.354 e. The number of nitrogens with zero attached hydrogens (tertiary/aromatic N) is 2. The average molecular weight is 311 g/mol. The molecule has 2 unspecified atom stereocenters. The van der Waals surface area contributed by atoms with E-state index in [9.17, 15) is 4.39 Å². The van der Waals surface area contributed by atoms with Gasteiger partial charge in [-0.3, -0.25) is 0 Å². The number of aromatic nitrogens is 1. The molecule has 0 spiro atoms. The van der Waals surface area contributed by atoms with E-state index in [2.05, 4.69) is 42.9 Å². The first-order valence-corrected chi connectivity index (χ1v) is 8.65. The molecule has 118 valence electrons. The number of rotatable bonds is 5. The van der Waals surface area contributed by atoms with Crippen LogP contribution in [-0.4, -0.2) is 35.1 Å². The van der Waals surface area contributed by atoms with Gasteiger partial charge in [0.2, 0.25) is 0 Å². The number of pyridine rings is 1. The van der Waals surface area contributed by atoms with Crippen LogP contribution in [0.5, 0.6) is 0 Å². The van der Waals surface area contributed by atoms with E-state index in [-0.39, 0.29) is 5.82 Å². The summed E-state index contributed by atoms with van der Waals surface area (Å²) in [4.78, 5) is 6.67. The van der Waals surface area contributed by atoms with Crippen LogP contribution >= 0.6 is 11.8 Å². The van der Waals surface area contributed by atoms with Gasteiger partial charge in [0.15, 0.2) is 0 Å². The lowest BCUT2D eigenvalue weighted by molar-refractivity contribution is 0.547. The van der Waals surface area contributed by atoms with Crippen molar-refractivity contribution < 1.29 is 4.39 Å². The van der Waals surface area contributed by atoms with Gasteiger partial charge >= 0.3 is 0 Å². The summed E-state index contributed by atoms with van der Waals surface area (Å²) in [5, 5.41) is 4.55. The molecule has 1 saturated heterocycles. The molecule has 3 nitrogen and oxygen atoms in total. The highest BCUT2D eigenvalue weighted by Gasteiger charge is 2.25. The second-order valence-electron chi connectivity index (χ2n) is 6.32. The molecule has 0 radical (unpaired) electrons. The lowest BCUT2D eigenvalue weighted by Crippen LogP contribution is -2.41. The van der Waals surface area contributed by atoms with Crippen molar-refractivity contribution in [2.75, 3.05) is 24.5 Å². The van der Waals surface area contributed by atoms with Crippen molar-refractivity contribution in [2.45, 2.75) is 44.7 Å². The number of thioether (sulfide) groups is 1. The van der Waals surface area contributed by atoms with E-state index in [1.165, 1.54) is 6.20 Å². The minimum Gasteiger partial charge on any atom is -0.354 e. The molecule has 0 aromatic carbocycles. The molecule has 2 atom stereocenters. The van der Waals surface area contributed by atoms with E-state index < -0.39 is 0 Å². The van der Waals surface area contributed by atoms with E-state index >= 15 is 0 Å². The Morgan fingerprint density at radius 3 is 2.67 bits per heavy atom. The number of hydrogen-bond acceptors (Lipinski definition) is 4. The normalized spacial score (nSPS) is 22.9. The summed E-state index contributed by atoms with van der Waals surface area (Å²) in [6, 6.07) is 1.62. The highest BCUT2D eigenvalue weighted by molar-refractivity contribution is 8.00. The summed E-state index contributed by atoms with van der Waals surface area (Å²) in [5.74, 6) is 1.26. The van der Waals surface area contributed by atoms with Crippen molar-refractivity contribution in [3.05, 3.63) is 23.6 Å².